The second-order valence-corrected chi connectivity index (χ2v) is 7.23. The number of amides is 1. The van der Waals surface area contributed by atoms with Crippen LogP contribution in [0.1, 0.15) is 27.9 Å². The van der Waals surface area contributed by atoms with E-state index in [4.69, 9.17) is 4.74 Å². The van der Waals surface area contributed by atoms with E-state index in [1.165, 1.54) is 6.07 Å². The third kappa shape index (κ3) is 4.75. The van der Waals surface area contributed by atoms with Gasteiger partial charge < -0.3 is 10.1 Å². The van der Waals surface area contributed by atoms with Gasteiger partial charge >= 0.3 is 5.97 Å². The van der Waals surface area contributed by atoms with Crippen LogP contribution in [-0.4, -0.2) is 33.2 Å². The average Bonchev–Trinajstić information content (AvgIpc) is 3.04. The molecule has 9 heteroatoms. The number of benzene rings is 1. The number of thiazole rings is 1. The van der Waals surface area contributed by atoms with Gasteiger partial charge in [0.2, 0.25) is 5.91 Å². The average molecular weight is 412 g/mol. The first kappa shape index (κ1) is 20.4. The minimum absolute atomic E-state index is 0.254. The van der Waals surface area contributed by atoms with Gasteiger partial charge in [-0.15, -0.1) is 0 Å². The lowest BCUT2D eigenvalue weighted by Crippen LogP contribution is -2.29. The third-order valence-corrected chi connectivity index (χ3v) is 5.14. The van der Waals surface area contributed by atoms with Gasteiger partial charge in [-0.3, -0.25) is 9.59 Å². The summed E-state index contributed by atoms with van der Waals surface area (Å²) in [5.41, 5.74) is 2.58. The van der Waals surface area contributed by atoms with E-state index in [-0.39, 0.29) is 23.8 Å². The van der Waals surface area contributed by atoms with Gasteiger partial charge in [-0.05, 0) is 32.4 Å². The molecule has 1 amide bonds. The Morgan fingerprint density at radius 1 is 1.17 bits per heavy atom. The molecule has 3 rings (SSSR count). The van der Waals surface area contributed by atoms with Crippen LogP contribution in [0.3, 0.4) is 0 Å². The predicted molar refractivity (Wildman–Crippen MR) is 110 cm³/mol. The maximum absolute atomic E-state index is 12.4. The Hall–Kier alpha value is -3.33. The van der Waals surface area contributed by atoms with Gasteiger partial charge in [0.05, 0.1) is 18.0 Å². The minimum atomic E-state index is -0.480. The van der Waals surface area contributed by atoms with Gasteiger partial charge in [-0.2, -0.15) is 5.10 Å². The highest BCUT2D eigenvalue weighted by Gasteiger charge is 2.18. The SMILES string of the molecule is CCOC(=O)c1sc(NC(=O)Cn2nc(-c3ccccc3C)ccc2=O)nc1C. The largest absolute Gasteiger partial charge is 0.462 e. The van der Waals surface area contributed by atoms with Crippen molar-refractivity contribution in [3.8, 4) is 11.3 Å². The number of anilines is 1. The molecule has 0 fully saturated rings. The van der Waals surface area contributed by atoms with Crippen molar-refractivity contribution < 1.29 is 14.3 Å². The van der Waals surface area contributed by atoms with Crippen LogP contribution in [0, 0.1) is 13.8 Å². The van der Waals surface area contributed by atoms with Gasteiger partial charge in [0.15, 0.2) is 5.13 Å². The van der Waals surface area contributed by atoms with E-state index in [0.717, 1.165) is 27.1 Å². The lowest BCUT2D eigenvalue weighted by atomic mass is 10.1. The van der Waals surface area contributed by atoms with Crippen LogP contribution in [0.5, 0.6) is 0 Å². The number of hydrogen-bond acceptors (Lipinski definition) is 7. The second-order valence-electron chi connectivity index (χ2n) is 6.23. The summed E-state index contributed by atoms with van der Waals surface area (Å²) in [6, 6.07) is 10.7. The number of hydrogen-bond donors (Lipinski definition) is 1. The zero-order chi connectivity index (χ0) is 21.0. The molecule has 3 aromatic rings. The van der Waals surface area contributed by atoms with Crippen LogP contribution in [0.4, 0.5) is 5.13 Å². The molecule has 2 aromatic heterocycles. The number of ether oxygens (including phenoxy) is 1. The van der Waals surface area contributed by atoms with Crippen molar-refractivity contribution >= 4 is 28.3 Å². The van der Waals surface area contributed by atoms with Crippen molar-refractivity contribution in [1.29, 1.82) is 0 Å². The molecule has 0 spiro atoms. The molecule has 0 atom stereocenters. The zero-order valence-corrected chi connectivity index (χ0v) is 17.1. The summed E-state index contributed by atoms with van der Waals surface area (Å²) in [7, 11) is 0. The van der Waals surface area contributed by atoms with E-state index in [2.05, 4.69) is 15.4 Å². The predicted octanol–water partition coefficient (Wildman–Crippen LogP) is 2.80. The standard InChI is InChI=1S/C20H20N4O4S/c1-4-28-19(27)18-13(3)21-20(29-18)22-16(25)11-24-17(26)10-9-15(23-24)14-8-6-5-7-12(14)2/h5-10H,4,11H2,1-3H3,(H,21,22,25). The maximum Gasteiger partial charge on any atom is 0.350 e. The number of carbonyl (C=O) groups is 2. The number of rotatable bonds is 6. The third-order valence-electron chi connectivity index (χ3n) is 4.08. The van der Waals surface area contributed by atoms with Crippen molar-refractivity contribution in [2.75, 3.05) is 11.9 Å². The van der Waals surface area contributed by atoms with E-state index >= 15 is 0 Å². The summed E-state index contributed by atoms with van der Waals surface area (Å²) < 4.78 is 6.07. The highest BCUT2D eigenvalue weighted by molar-refractivity contribution is 7.17. The summed E-state index contributed by atoms with van der Waals surface area (Å²) in [6.07, 6.45) is 0. The Bertz CT molecular complexity index is 1120. The van der Waals surface area contributed by atoms with Crippen LogP contribution >= 0.6 is 11.3 Å². The van der Waals surface area contributed by atoms with Crippen molar-refractivity contribution in [3.05, 3.63) is 62.9 Å². The van der Waals surface area contributed by atoms with Crippen molar-refractivity contribution in [2.24, 2.45) is 0 Å². The Morgan fingerprint density at radius 2 is 1.93 bits per heavy atom. The molecule has 2 heterocycles. The molecule has 0 aliphatic rings. The number of nitrogens with zero attached hydrogens (tertiary/aromatic N) is 3. The lowest BCUT2D eigenvalue weighted by Gasteiger charge is -2.08. The molecule has 29 heavy (non-hydrogen) atoms. The summed E-state index contributed by atoms with van der Waals surface area (Å²) >= 11 is 1.03. The van der Waals surface area contributed by atoms with Crippen molar-refractivity contribution in [3.63, 3.8) is 0 Å². The summed E-state index contributed by atoms with van der Waals surface area (Å²) in [4.78, 5) is 40.9. The first-order valence-corrected chi connectivity index (χ1v) is 9.79. The Labute approximate surface area is 171 Å². The normalized spacial score (nSPS) is 10.6. The number of carbonyl (C=O) groups excluding carboxylic acids is 2. The molecule has 1 aromatic carbocycles. The van der Waals surface area contributed by atoms with Gasteiger partial charge in [-0.25, -0.2) is 14.5 Å². The number of aryl methyl sites for hydroxylation is 2. The second kappa shape index (κ2) is 8.78. The molecule has 0 bridgehead atoms. The van der Waals surface area contributed by atoms with Gasteiger partial charge in [-0.1, -0.05) is 35.6 Å². The minimum Gasteiger partial charge on any atom is -0.462 e. The van der Waals surface area contributed by atoms with Crippen molar-refractivity contribution in [1.82, 2.24) is 14.8 Å². The molecular formula is C20H20N4O4S. The topological polar surface area (TPSA) is 103 Å². The van der Waals surface area contributed by atoms with E-state index in [9.17, 15) is 14.4 Å². The molecule has 0 saturated carbocycles. The maximum atomic E-state index is 12.4. The lowest BCUT2D eigenvalue weighted by molar-refractivity contribution is -0.117. The highest BCUT2D eigenvalue weighted by atomic mass is 32.1. The molecule has 0 aliphatic carbocycles. The molecule has 1 N–H and O–H groups in total. The Kier molecular flexibility index (Phi) is 6.18. The quantitative estimate of drug-likeness (QED) is 0.625. The zero-order valence-electron chi connectivity index (χ0n) is 16.3. The molecule has 0 unspecified atom stereocenters. The molecule has 0 saturated heterocycles. The first-order valence-electron chi connectivity index (χ1n) is 8.97. The van der Waals surface area contributed by atoms with Crippen LogP contribution in [0.2, 0.25) is 0 Å². The highest BCUT2D eigenvalue weighted by Crippen LogP contribution is 2.23. The molecule has 8 nitrogen and oxygen atoms in total. The number of esters is 1. The van der Waals surface area contributed by atoms with E-state index in [1.54, 1.807) is 19.9 Å². The van der Waals surface area contributed by atoms with Gasteiger partial charge in [0.1, 0.15) is 11.4 Å². The van der Waals surface area contributed by atoms with E-state index < -0.39 is 11.9 Å². The van der Waals surface area contributed by atoms with Crippen LogP contribution in [0.25, 0.3) is 11.3 Å². The van der Waals surface area contributed by atoms with E-state index in [1.807, 2.05) is 31.2 Å². The molecular weight excluding hydrogens is 392 g/mol. The first-order chi connectivity index (χ1) is 13.9. The summed E-state index contributed by atoms with van der Waals surface area (Å²) in [5, 5.41) is 7.18. The number of aromatic nitrogens is 3. The Balaban J connectivity index is 1.77. The van der Waals surface area contributed by atoms with Crippen LogP contribution in [-0.2, 0) is 16.1 Å². The van der Waals surface area contributed by atoms with Crippen LogP contribution < -0.4 is 10.9 Å². The van der Waals surface area contributed by atoms with Crippen LogP contribution in [0.15, 0.2) is 41.2 Å². The summed E-state index contributed by atoms with van der Waals surface area (Å²) in [5.74, 6) is -0.947. The fourth-order valence-electron chi connectivity index (χ4n) is 2.70. The molecule has 150 valence electrons. The fourth-order valence-corrected chi connectivity index (χ4v) is 3.57. The molecule has 0 aliphatic heterocycles. The van der Waals surface area contributed by atoms with Gasteiger partial charge in [0, 0.05) is 11.6 Å². The van der Waals surface area contributed by atoms with Gasteiger partial charge in [0.25, 0.3) is 5.56 Å². The monoisotopic (exact) mass is 412 g/mol. The Morgan fingerprint density at radius 3 is 2.66 bits per heavy atom. The summed E-state index contributed by atoms with van der Waals surface area (Å²) in [6.45, 7) is 5.31. The van der Waals surface area contributed by atoms with Crippen molar-refractivity contribution in [2.45, 2.75) is 27.3 Å². The fraction of sp³-hybridized carbons (Fsp3) is 0.250. The number of nitrogens with one attached hydrogen (secondary N) is 1. The van der Waals surface area contributed by atoms with E-state index in [0.29, 0.717) is 16.3 Å². The smallest absolute Gasteiger partial charge is 0.350 e. The molecule has 0 radical (unpaired) electrons.